The van der Waals surface area contributed by atoms with Crippen molar-refractivity contribution in [1.82, 2.24) is 19.9 Å². The fourth-order valence-electron chi connectivity index (χ4n) is 4.57. The van der Waals surface area contributed by atoms with E-state index in [2.05, 4.69) is 25.4 Å². The molecule has 0 saturated carbocycles. The number of hydrogen-bond donors (Lipinski definition) is 3. The lowest BCUT2D eigenvalue weighted by Gasteiger charge is -2.30. The van der Waals surface area contributed by atoms with Gasteiger partial charge in [-0.25, -0.2) is 4.98 Å². The Kier molecular flexibility index (Phi) is 7.11. The second kappa shape index (κ2) is 10.8. The molecule has 3 aromatic rings. The molecule has 2 saturated heterocycles. The third kappa shape index (κ3) is 5.64. The molecule has 1 aromatic carbocycles. The van der Waals surface area contributed by atoms with Gasteiger partial charge in [0.15, 0.2) is 0 Å². The summed E-state index contributed by atoms with van der Waals surface area (Å²) in [5.74, 6) is 1.26. The Balaban J connectivity index is 1.32. The fourth-order valence-corrected chi connectivity index (χ4v) is 4.57. The lowest BCUT2D eigenvalue weighted by Crippen LogP contribution is -2.34. The minimum Gasteiger partial charge on any atom is -0.493 e. The van der Waals surface area contributed by atoms with Gasteiger partial charge >= 0.3 is 0 Å². The van der Waals surface area contributed by atoms with Gasteiger partial charge < -0.3 is 25.5 Å². The summed E-state index contributed by atoms with van der Waals surface area (Å²) in [5, 5.41) is 16.1. The Morgan fingerprint density at radius 2 is 1.31 bits per heavy atom. The minimum absolute atomic E-state index is 0.128. The fraction of sp³-hybridized carbons (Fsp3) is 0.423. The summed E-state index contributed by atoms with van der Waals surface area (Å²) in [5.41, 5.74) is 2.17. The molecule has 0 aliphatic carbocycles. The van der Waals surface area contributed by atoms with Gasteiger partial charge in [0.1, 0.15) is 5.56 Å². The van der Waals surface area contributed by atoms with E-state index in [1.807, 2.05) is 12.1 Å². The highest BCUT2D eigenvalue weighted by Crippen LogP contribution is 2.25. The highest BCUT2D eigenvalue weighted by molar-refractivity contribution is 6.05. The predicted molar refractivity (Wildman–Crippen MR) is 140 cm³/mol. The number of carbonyl (C=O) groups is 1. The monoisotopic (exact) mass is 488 g/mol. The van der Waals surface area contributed by atoms with E-state index in [0.717, 1.165) is 69.4 Å². The van der Waals surface area contributed by atoms with Crippen molar-refractivity contribution in [2.45, 2.75) is 45.4 Å². The molecule has 2 fully saturated rings. The van der Waals surface area contributed by atoms with Crippen molar-refractivity contribution in [3.05, 3.63) is 47.7 Å². The average Bonchev–Trinajstić information content (AvgIpc) is 2.90. The number of carbonyl (C=O) groups excluding carboxylic acids is 1. The Morgan fingerprint density at radius 3 is 1.86 bits per heavy atom. The van der Waals surface area contributed by atoms with E-state index in [9.17, 15) is 9.90 Å². The second-order valence-electron chi connectivity index (χ2n) is 9.33. The van der Waals surface area contributed by atoms with Crippen LogP contribution >= 0.6 is 0 Å². The number of anilines is 5. The molecular formula is C26H32N8O2. The third-order valence-electron chi connectivity index (χ3n) is 6.55. The number of nitrogens with one attached hydrogen (secondary N) is 2. The Hall–Kier alpha value is -3.95. The number of aromatic hydroxyl groups is 1. The van der Waals surface area contributed by atoms with Crippen LogP contribution in [-0.4, -0.2) is 57.1 Å². The van der Waals surface area contributed by atoms with Gasteiger partial charge in [-0.05, 0) is 81.8 Å². The van der Waals surface area contributed by atoms with E-state index in [0.29, 0.717) is 17.3 Å². The van der Waals surface area contributed by atoms with Gasteiger partial charge in [0.2, 0.25) is 23.7 Å². The largest absolute Gasteiger partial charge is 0.493 e. The van der Waals surface area contributed by atoms with Gasteiger partial charge in [-0.1, -0.05) is 0 Å². The van der Waals surface area contributed by atoms with E-state index in [-0.39, 0.29) is 11.4 Å². The molecule has 4 heterocycles. The average molecular weight is 489 g/mol. The quantitative estimate of drug-likeness (QED) is 0.467. The van der Waals surface area contributed by atoms with Crippen molar-refractivity contribution in [2.24, 2.45) is 0 Å². The van der Waals surface area contributed by atoms with Crippen LogP contribution in [0, 0.1) is 6.92 Å². The number of rotatable bonds is 6. The molecule has 10 nitrogen and oxygen atoms in total. The Bertz CT molecular complexity index is 1170. The molecule has 5 rings (SSSR count). The highest BCUT2D eigenvalue weighted by atomic mass is 16.3. The number of benzene rings is 1. The van der Waals surface area contributed by atoms with Gasteiger partial charge in [-0.3, -0.25) is 4.79 Å². The van der Waals surface area contributed by atoms with E-state index < -0.39 is 5.91 Å². The maximum atomic E-state index is 12.5. The maximum Gasteiger partial charge on any atom is 0.261 e. The molecule has 2 aromatic heterocycles. The molecule has 0 spiro atoms. The van der Waals surface area contributed by atoms with Crippen LogP contribution in [0.1, 0.15) is 54.6 Å². The highest BCUT2D eigenvalue weighted by Gasteiger charge is 2.20. The summed E-state index contributed by atoms with van der Waals surface area (Å²) in [4.78, 5) is 35.3. The van der Waals surface area contributed by atoms with Crippen LogP contribution in [0.2, 0.25) is 0 Å². The molecule has 2 aliphatic rings. The Morgan fingerprint density at radius 1 is 0.750 bits per heavy atom. The number of aryl methyl sites for hydroxylation is 1. The number of pyridine rings is 1. The molecule has 36 heavy (non-hydrogen) atoms. The van der Waals surface area contributed by atoms with Crippen molar-refractivity contribution >= 4 is 35.1 Å². The van der Waals surface area contributed by atoms with Crippen LogP contribution in [-0.2, 0) is 0 Å². The molecule has 1 amide bonds. The summed E-state index contributed by atoms with van der Waals surface area (Å²) in [6, 6.07) is 10.5. The molecule has 2 aliphatic heterocycles. The lowest BCUT2D eigenvalue weighted by molar-refractivity contribution is 0.102. The first-order valence-electron chi connectivity index (χ1n) is 12.7. The first-order valence-corrected chi connectivity index (χ1v) is 12.7. The van der Waals surface area contributed by atoms with Gasteiger partial charge in [-0.15, -0.1) is 0 Å². The topological polar surface area (TPSA) is 119 Å². The van der Waals surface area contributed by atoms with E-state index in [4.69, 9.17) is 15.0 Å². The van der Waals surface area contributed by atoms with Crippen molar-refractivity contribution in [3.63, 3.8) is 0 Å². The zero-order valence-electron chi connectivity index (χ0n) is 20.6. The summed E-state index contributed by atoms with van der Waals surface area (Å²) < 4.78 is 0. The van der Waals surface area contributed by atoms with E-state index >= 15 is 0 Å². The van der Waals surface area contributed by atoms with Crippen LogP contribution in [0.4, 0.5) is 29.2 Å². The summed E-state index contributed by atoms with van der Waals surface area (Å²) >= 11 is 0. The van der Waals surface area contributed by atoms with Crippen LogP contribution in [0.25, 0.3) is 0 Å². The third-order valence-corrected chi connectivity index (χ3v) is 6.55. The number of aromatic nitrogens is 4. The zero-order valence-corrected chi connectivity index (χ0v) is 20.6. The van der Waals surface area contributed by atoms with Crippen LogP contribution < -0.4 is 20.4 Å². The lowest BCUT2D eigenvalue weighted by atomic mass is 10.1. The number of amides is 1. The van der Waals surface area contributed by atoms with Gasteiger partial charge in [0.25, 0.3) is 5.91 Å². The van der Waals surface area contributed by atoms with Crippen LogP contribution in [0.15, 0.2) is 36.4 Å². The first-order chi connectivity index (χ1) is 17.5. The van der Waals surface area contributed by atoms with E-state index in [1.54, 1.807) is 31.2 Å². The van der Waals surface area contributed by atoms with Crippen molar-refractivity contribution in [1.29, 1.82) is 0 Å². The molecule has 10 heteroatoms. The molecule has 3 N–H and O–H groups in total. The van der Waals surface area contributed by atoms with Crippen LogP contribution in [0.3, 0.4) is 0 Å². The molecular weight excluding hydrogens is 456 g/mol. The van der Waals surface area contributed by atoms with Gasteiger partial charge in [-0.2, -0.15) is 15.0 Å². The molecule has 0 unspecified atom stereocenters. The van der Waals surface area contributed by atoms with Gasteiger partial charge in [0, 0.05) is 43.2 Å². The van der Waals surface area contributed by atoms with E-state index in [1.165, 1.54) is 12.8 Å². The van der Waals surface area contributed by atoms with Gasteiger partial charge in [0.05, 0.1) is 0 Å². The number of hydrogen-bond acceptors (Lipinski definition) is 9. The number of nitrogens with zero attached hydrogens (tertiary/aromatic N) is 6. The zero-order chi connectivity index (χ0) is 24.9. The SMILES string of the molecule is Cc1ccc(C(=O)Nc2ccc(Nc3nc(N4CCCCC4)nc(N4CCCCC4)n3)cc2)c(O)n1. The van der Waals surface area contributed by atoms with Crippen LogP contribution in [0.5, 0.6) is 5.88 Å². The maximum absolute atomic E-state index is 12.5. The summed E-state index contributed by atoms with van der Waals surface area (Å²) in [6.45, 7) is 5.60. The predicted octanol–water partition coefficient (Wildman–Crippen LogP) is 4.26. The molecule has 0 bridgehead atoms. The van der Waals surface area contributed by atoms with Crippen molar-refractivity contribution in [3.8, 4) is 5.88 Å². The smallest absolute Gasteiger partial charge is 0.261 e. The first kappa shape index (κ1) is 23.8. The standard InChI is InChI=1S/C26H32N8O2/c1-18-8-13-21(22(35)27-18)23(36)28-19-9-11-20(12-10-19)29-24-30-25(33-14-4-2-5-15-33)32-26(31-24)34-16-6-3-7-17-34/h8-13H,2-7,14-17H2,1H3,(H,27,35)(H,28,36)(H,29,30,31,32). The molecule has 0 atom stereocenters. The molecule has 188 valence electrons. The Labute approximate surface area is 210 Å². The summed E-state index contributed by atoms with van der Waals surface area (Å²) in [7, 11) is 0. The number of piperidine rings is 2. The van der Waals surface area contributed by atoms with Crippen molar-refractivity contribution in [2.75, 3.05) is 46.6 Å². The summed E-state index contributed by atoms with van der Waals surface area (Å²) in [6.07, 6.45) is 7.09. The van der Waals surface area contributed by atoms with Crippen molar-refractivity contribution < 1.29 is 9.90 Å². The normalized spacial score (nSPS) is 16.0. The minimum atomic E-state index is -0.421. The molecule has 0 radical (unpaired) electrons. The second-order valence-corrected chi connectivity index (χ2v) is 9.33.